The van der Waals surface area contributed by atoms with E-state index in [4.69, 9.17) is 9.72 Å². The molecule has 5 heterocycles. The predicted octanol–water partition coefficient (Wildman–Crippen LogP) is 3.25. The van der Waals surface area contributed by atoms with Gasteiger partial charge in [-0.2, -0.15) is 5.10 Å². The van der Waals surface area contributed by atoms with Crippen LogP contribution in [0.15, 0.2) is 47.5 Å². The number of fused-ring (bicyclic) bond motifs is 2. The van der Waals surface area contributed by atoms with Crippen molar-refractivity contribution in [3.8, 4) is 0 Å². The van der Waals surface area contributed by atoms with Crippen molar-refractivity contribution in [3.63, 3.8) is 0 Å². The Morgan fingerprint density at radius 3 is 2.88 bits per heavy atom. The minimum atomic E-state index is -0.0994. The first-order valence-corrected chi connectivity index (χ1v) is 11.8. The summed E-state index contributed by atoms with van der Waals surface area (Å²) in [7, 11) is 0. The largest absolute Gasteiger partial charge is 0.381 e. The van der Waals surface area contributed by atoms with E-state index in [9.17, 15) is 4.79 Å². The van der Waals surface area contributed by atoms with Gasteiger partial charge in [-0.1, -0.05) is 25.1 Å². The number of rotatable bonds is 4. The van der Waals surface area contributed by atoms with Crippen LogP contribution >= 0.6 is 0 Å². The third-order valence-corrected chi connectivity index (χ3v) is 7.11. The van der Waals surface area contributed by atoms with Crippen LogP contribution in [0.3, 0.4) is 0 Å². The standard InChI is InChI=1S/C25H28N6O2/c1-16-13-30(14-17-10-18-4-2-3-5-22(18)26-11-17)15-21(16)23-28-24-20(25(32)29-23)12-27-31(24)19-6-8-33-9-7-19/h2-5,10-12,16,19,21H,6-9,13-15H2,1H3,(H,28,29,32)/t16-,21-/m1/s1. The highest BCUT2D eigenvalue weighted by atomic mass is 16.5. The number of pyridine rings is 1. The number of likely N-dealkylation sites (tertiary alicyclic amines) is 1. The van der Waals surface area contributed by atoms with E-state index >= 15 is 0 Å². The number of hydrogen-bond acceptors (Lipinski definition) is 6. The number of nitrogens with zero attached hydrogens (tertiary/aromatic N) is 5. The number of para-hydroxylation sites is 1. The van der Waals surface area contributed by atoms with Gasteiger partial charge in [0.1, 0.15) is 11.2 Å². The van der Waals surface area contributed by atoms with Gasteiger partial charge in [0.05, 0.1) is 17.8 Å². The molecule has 0 unspecified atom stereocenters. The highest BCUT2D eigenvalue weighted by molar-refractivity contribution is 5.78. The summed E-state index contributed by atoms with van der Waals surface area (Å²) in [5.74, 6) is 1.33. The van der Waals surface area contributed by atoms with E-state index < -0.39 is 0 Å². The highest BCUT2D eigenvalue weighted by Crippen LogP contribution is 2.32. The van der Waals surface area contributed by atoms with Crippen LogP contribution in [0.4, 0.5) is 0 Å². The van der Waals surface area contributed by atoms with Crippen molar-refractivity contribution in [1.29, 1.82) is 0 Å². The Balaban J connectivity index is 1.26. The Labute approximate surface area is 191 Å². The van der Waals surface area contributed by atoms with E-state index in [0.717, 1.165) is 62.4 Å². The summed E-state index contributed by atoms with van der Waals surface area (Å²) in [5.41, 5.74) is 2.82. The van der Waals surface area contributed by atoms with Crippen molar-refractivity contribution in [3.05, 3.63) is 64.5 Å². The summed E-state index contributed by atoms with van der Waals surface area (Å²) < 4.78 is 7.44. The Morgan fingerprint density at radius 1 is 1.15 bits per heavy atom. The Hall–Kier alpha value is -3.10. The minimum absolute atomic E-state index is 0.0994. The molecule has 6 rings (SSSR count). The lowest BCUT2D eigenvalue weighted by Crippen LogP contribution is -2.23. The smallest absolute Gasteiger partial charge is 0.262 e. The van der Waals surface area contributed by atoms with Crippen LogP contribution in [-0.4, -0.2) is 55.9 Å². The molecule has 0 spiro atoms. The number of ether oxygens (including phenoxy) is 1. The molecule has 2 aliphatic rings. The lowest BCUT2D eigenvalue weighted by atomic mass is 9.97. The van der Waals surface area contributed by atoms with E-state index in [0.29, 0.717) is 17.0 Å². The number of aromatic nitrogens is 5. The summed E-state index contributed by atoms with van der Waals surface area (Å²) >= 11 is 0. The van der Waals surface area contributed by atoms with Gasteiger partial charge < -0.3 is 9.72 Å². The number of benzene rings is 1. The molecular weight excluding hydrogens is 416 g/mol. The average molecular weight is 445 g/mol. The fourth-order valence-electron chi connectivity index (χ4n) is 5.34. The van der Waals surface area contributed by atoms with Crippen molar-refractivity contribution in [2.24, 2.45) is 5.92 Å². The maximum atomic E-state index is 12.9. The molecule has 0 bridgehead atoms. The van der Waals surface area contributed by atoms with Crippen LogP contribution in [0.25, 0.3) is 21.9 Å². The second-order valence-electron chi connectivity index (χ2n) is 9.44. The first-order chi connectivity index (χ1) is 16.2. The zero-order valence-corrected chi connectivity index (χ0v) is 18.8. The van der Waals surface area contributed by atoms with E-state index in [-0.39, 0.29) is 17.5 Å². The monoisotopic (exact) mass is 444 g/mol. The topological polar surface area (TPSA) is 88.9 Å². The summed E-state index contributed by atoms with van der Waals surface area (Å²) in [4.78, 5) is 27.9. The van der Waals surface area contributed by atoms with E-state index in [1.165, 1.54) is 5.56 Å². The maximum absolute atomic E-state index is 12.9. The highest BCUT2D eigenvalue weighted by Gasteiger charge is 2.33. The van der Waals surface area contributed by atoms with Crippen LogP contribution in [0, 0.1) is 5.92 Å². The fraction of sp³-hybridized carbons (Fsp3) is 0.440. The summed E-state index contributed by atoms with van der Waals surface area (Å²) in [6.07, 6.45) is 5.42. The molecule has 0 saturated carbocycles. The van der Waals surface area contributed by atoms with Crippen LogP contribution in [0.1, 0.15) is 43.1 Å². The third kappa shape index (κ3) is 3.83. The molecule has 0 aliphatic carbocycles. The van der Waals surface area contributed by atoms with Crippen molar-refractivity contribution in [2.45, 2.75) is 38.3 Å². The summed E-state index contributed by atoms with van der Waals surface area (Å²) in [5, 5.41) is 6.25. The lowest BCUT2D eigenvalue weighted by molar-refractivity contribution is 0.0673. The number of nitrogens with one attached hydrogen (secondary N) is 1. The SMILES string of the molecule is C[C@@H]1CN(Cc2cnc3ccccc3c2)C[C@H]1c1nc2c(cnn2C2CCOCC2)c(=O)[nH]1. The molecule has 8 nitrogen and oxygen atoms in total. The molecule has 170 valence electrons. The Bertz CT molecular complexity index is 1360. The lowest BCUT2D eigenvalue weighted by Gasteiger charge is -2.23. The van der Waals surface area contributed by atoms with Gasteiger partial charge in [-0.05, 0) is 36.5 Å². The van der Waals surface area contributed by atoms with Gasteiger partial charge >= 0.3 is 0 Å². The second-order valence-corrected chi connectivity index (χ2v) is 9.44. The van der Waals surface area contributed by atoms with Gasteiger partial charge in [0, 0.05) is 50.3 Å². The first-order valence-electron chi connectivity index (χ1n) is 11.8. The molecule has 4 aromatic rings. The molecule has 33 heavy (non-hydrogen) atoms. The van der Waals surface area contributed by atoms with Crippen molar-refractivity contribution >= 4 is 21.9 Å². The molecule has 2 aliphatic heterocycles. The normalized spacial score (nSPS) is 22.5. The zero-order valence-electron chi connectivity index (χ0n) is 18.8. The van der Waals surface area contributed by atoms with Gasteiger partial charge in [0.2, 0.25) is 0 Å². The molecular formula is C25H28N6O2. The molecule has 1 aromatic carbocycles. The molecule has 1 N–H and O–H groups in total. The van der Waals surface area contributed by atoms with E-state index in [2.05, 4.69) is 39.0 Å². The van der Waals surface area contributed by atoms with Crippen molar-refractivity contribution in [1.82, 2.24) is 29.6 Å². The van der Waals surface area contributed by atoms with Crippen LogP contribution in [0.5, 0.6) is 0 Å². The molecule has 0 amide bonds. The molecule has 2 atom stereocenters. The van der Waals surface area contributed by atoms with E-state index in [1.54, 1.807) is 6.20 Å². The molecule has 2 fully saturated rings. The van der Waals surface area contributed by atoms with Gasteiger partial charge in [-0.25, -0.2) is 9.67 Å². The first kappa shape index (κ1) is 20.5. The fourth-order valence-corrected chi connectivity index (χ4v) is 5.34. The molecule has 8 heteroatoms. The molecule has 0 radical (unpaired) electrons. The maximum Gasteiger partial charge on any atom is 0.262 e. The Kier molecular flexibility index (Phi) is 5.19. The zero-order chi connectivity index (χ0) is 22.4. The summed E-state index contributed by atoms with van der Waals surface area (Å²) in [6, 6.07) is 10.7. The van der Waals surface area contributed by atoms with Crippen LogP contribution in [-0.2, 0) is 11.3 Å². The van der Waals surface area contributed by atoms with Crippen LogP contribution in [0.2, 0.25) is 0 Å². The molecule has 2 saturated heterocycles. The van der Waals surface area contributed by atoms with Gasteiger partial charge in [-0.15, -0.1) is 0 Å². The quantitative estimate of drug-likeness (QED) is 0.520. The van der Waals surface area contributed by atoms with Crippen molar-refractivity contribution in [2.75, 3.05) is 26.3 Å². The predicted molar refractivity (Wildman–Crippen MR) is 126 cm³/mol. The third-order valence-electron chi connectivity index (χ3n) is 7.11. The van der Waals surface area contributed by atoms with Gasteiger partial charge in [0.25, 0.3) is 5.56 Å². The van der Waals surface area contributed by atoms with Gasteiger partial charge in [-0.3, -0.25) is 14.7 Å². The Morgan fingerprint density at radius 2 is 2.00 bits per heavy atom. The summed E-state index contributed by atoms with van der Waals surface area (Å²) in [6.45, 7) is 6.33. The number of hydrogen-bond donors (Lipinski definition) is 1. The minimum Gasteiger partial charge on any atom is -0.381 e. The number of H-pyrrole nitrogens is 1. The van der Waals surface area contributed by atoms with Crippen molar-refractivity contribution < 1.29 is 4.74 Å². The van der Waals surface area contributed by atoms with Crippen LogP contribution < -0.4 is 5.56 Å². The van der Waals surface area contributed by atoms with Gasteiger partial charge in [0.15, 0.2) is 5.65 Å². The average Bonchev–Trinajstić information content (AvgIpc) is 3.43. The second kappa shape index (κ2) is 8.35. The molecule has 3 aromatic heterocycles. The number of aromatic amines is 1. The van der Waals surface area contributed by atoms with E-state index in [1.807, 2.05) is 29.1 Å².